The molecule has 146 valence electrons. The van der Waals surface area contributed by atoms with Crippen LogP contribution < -0.4 is 4.90 Å². The van der Waals surface area contributed by atoms with Gasteiger partial charge in [-0.1, -0.05) is 35.3 Å². The minimum absolute atomic E-state index is 0.140. The van der Waals surface area contributed by atoms with Gasteiger partial charge in [0.1, 0.15) is 0 Å². The van der Waals surface area contributed by atoms with Gasteiger partial charge in [0.2, 0.25) is 5.91 Å². The Bertz CT molecular complexity index is 862. The third-order valence-corrected chi connectivity index (χ3v) is 5.88. The van der Waals surface area contributed by atoms with Crippen molar-refractivity contribution in [1.82, 2.24) is 9.80 Å². The molecular formula is C21H21Cl2N3O2. The van der Waals surface area contributed by atoms with Gasteiger partial charge in [-0.3, -0.25) is 19.4 Å². The second kappa shape index (κ2) is 8.21. The van der Waals surface area contributed by atoms with Gasteiger partial charge >= 0.3 is 0 Å². The molecule has 2 aliphatic rings. The lowest BCUT2D eigenvalue weighted by Crippen LogP contribution is -2.52. The van der Waals surface area contributed by atoms with Crippen LogP contribution in [0.1, 0.15) is 12.0 Å². The Hall–Kier alpha value is -1.92. The molecule has 28 heavy (non-hydrogen) atoms. The van der Waals surface area contributed by atoms with Gasteiger partial charge in [-0.05, 0) is 42.0 Å². The van der Waals surface area contributed by atoms with Crippen LogP contribution in [0.25, 0.3) is 0 Å². The van der Waals surface area contributed by atoms with E-state index in [2.05, 4.69) is 9.80 Å². The first-order chi connectivity index (χ1) is 13.5. The summed E-state index contributed by atoms with van der Waals surface area (Å²) in [7, 11) is 0. The van der Waals surface area contributed by atoms with Crippen LogP contribution in [0.5, 0.6) is 0 Å². The quantitative estimate of drug-likeness (QED) is 0.714. The minimum atomic E-state index is -0.374. The van der Waals surface area contributed by atoms with E-state index < -0.39 is 0 Å². The number of hydrogen-bond donors (Lipinski definition) is 0. The Balaban J connectivity index is 1.37. The fourth-order valence-corrected chi connectivity index (χ4v) is 4.10. The number of carbonyl (C=O) groups excluding carboxylic acids is 2. The molecule has 5 nitrogen and oxygen atoms in total. The molecule has 1 atom stereocenters. The fraction of sp³-hybridized carbons (Fsp3) is 0.333. The number of nitrogens with zero attached hydrogens (tertiary/aromatic N) is 3. The third-order valence-electron chi connectivity index (χ3n) is 5.37. The van der Waals surface area contributed by atoms with E-state index in [0.29, 0.717) is 10.7 Å². The topological polar surface area (TPSA) is 43.9 Å². The van der Waals surface area contributed by atoms with E-state index >= 15 is 0 Å². The van der Waals surface area contributed by atoms with Gasteiger partial charge in [-0.25, -0.2) is 4.90 Å². The molecule has 0 radical (unpaired) electrons. The summed E-state index contributed by atoms with van der Waals surface area (Å²) in [6, 6.07) is 14.3. The molecule has 0 spiro atoms. The van der Waals surface area contributed by atoms with E-state index in [0.717, 1.165) is 37.7 Å². The lowest BCUT2D eigenvalue weighted by atomic mass is 10.1. The molecule has 2 aromatic rings. The molecule has 0 aliphatic carbocycles. The lowest BCUT2D eigenvalue weighted by molar-refractivity contribution is -0.123. The van der Waals surface area contributed by atoms with E-state index in [1.807, 2.05) is 24.3 Å². The number of halogens is 2. The van der Waals surface area contributed by atoms with Crippen LogP contribution in [0.4, 0.5) is 5.69 Å². The second-order valence-corrected chi connectivity index (χ2v) is 8.08. The van der Waals surface area contributed by atoms with Crippen LogP contribution in [0.3, 0.4) is 0 Å². The fourth-order valence-electron chi connectivity index (χ4n) is 3.84. The zero-order valence-electron chi connectivity index (χ0n) is 15.4. The SMILES string of the molecule is O=C1C[C@H](N2CCN(Cc3ccc(Cl)cc3)CC2)C(=O)N1c1ccc(Cl)cc1. The number of amides is 2. The summed E-state index contributed by atoms with van der Waals surface area (Å²) < 4.78 is 0. The molecule has 2 aromatic carbocycles. The lowest BCUT2D eigenvalue weighted by Gasteiger charge is -2.37. The average molecular weight is 418 g/mol. The van der Waals surface area contributed by atoms with Crippen molar-refractivity contribution >= 4 is 40.7 Å². The zero-order valence-corrected chi connectivity index (χ0v) is 16.9. The maximum atomic E-state index is 12.9. The molecule has 7 heteroatoms. The predicted octanol–water partition coefficient (Wildman–Crippen LogP) is 3.44. The highest BCUT2D eigenvalue weighted by Gasteiger charge is 2.43. The van der Waals surface area contributed by atoms with Crippen molar-refractivity contribution in [1.29, 1.82) is 0 Å². The molecule has 2 heterocycles. The normalized spacial score (nSPS) is 21.5. The van der Waals surface area contributed by atoms with Crippen LogP contribution in [-0.2, 0) is 16.1 Å². The van der Waals surface area contributed by atoms with E-state index in [-0.39, 0.29) is 24.3 Å². The molecule has 0 unspecified atom stereocenters. The number of benzene rings is 2. The van der Waals surface area contributed by atoms with Crippen LogP contribution in [0, 0.1) is 0 Å². The number of carbonyl (C=O) groups is 2. The molecule has 2 fully saturated rings. The average Bonchev–Trinajstić information content (AvgIpc) is 2.99. The van der Waals surface area contributed by atoms with Crippen LogP contribution in [0.15, 0.2) is 48.5 Å². The van der Waals surface area contributed by atoms with Gasteiger partial charge < -0.3 is 0 Å². The van der Waals surface area contributed by atoms with Crippen molar-refractivity contribution in [2.75, 3.05) is 31.1 Å². The van der Waals surface area contributed by atoms with Gasteiger partial charge in [0, 0.05) is 42.8 Å². The van der Waals surface area contributed by atoms with Crippen molar-refractivity contribution in [3.63, 3.8) is 0 Å². The molecular weight excluding hydrogens is 397 g/mol. The predicted molar refractivity (Wildman–Crippen MR) is 111 cm³/mol. The van der Waals surface area contributed by atoms with Crippen LogP contribution in [0.2, 0.25) is 10.0 Å². The summed E-state index contributed by atoms with van der Waals surface area (Å²) in [4.78, 5) is 31.2. The highest BCUT2D eigenvalue weighted by atomic mass is 35.5. The first-order valence-corrected chi connectivity index (χ1v) is 10.1. The number of imide groups is 1. The van der Waals surface area contributed by atoms with Gasteiger partial charge in [0.25, 0.3) is 5.91 Å². The molecule has 0 saturated carbocycles. The van der Waals surface area contributed by atoms with E-state index in [4.69, 9.17) is 23.2 Å². The molecule has 4 rings (SSSR count). The van der Waals surface area contributed by atoms with E-state index in [9.17, 15) is 9.59 Å². The highest BCUT2D eigenvalue weighted by Crippen LogP contribution is 2.27. The summed E-state index contributed by atoms with van der Waals surface area (Å²) in [6.45, 7) is 4.13. The number of rotatable bonds is 4. The van der Waals surface area contributed by atoms with Gasteiger partial charge in [-0.15, -0.1) is 0 Å². The Kier molecular flexibility index (Phi) is 5.69. The number of anilines is 1. The Morgan fingerprint density at radius 2 is 1.39 bits per heavy atom. The van der Waals surface area contributed by atoms with Crippen LogP contribution >= 0.6 is 23.2 Å². The number of piperazine rings is 1. The van der Waals surface area contributed by atoms with Crippen molar-refractivity contribution < 1.29 is 9.59 Å². The molecule has 0 aromatic heterocycles. The Morgan fingerprint density at radius 1 is 0.821 bits per heavy atom. The van der Waals surface area contributed by atoms with Crippen molar-refractivity contribution in [2.24, 2.45) is 0 Å². The van der Waals surface area contributed by atoms with Crippen molar-refractivity contribution in [3.8, 4) is 0 Å². The van der Waals surface area contributed by atoms with Gasteiger partial charge in [0.15, 0.2) is 0 Å². The first kappa shape index (κ1) is 19.4. The highest BCUT2D eigenvalue weighted by molar-refractivity contribution is 6.31. The maximum absolute atomic E-state index is 12.9. The molecule has 0 N–H and O–H groups in total. The first-order valence-electron chi connectivity index (χ1n) is 9.34. The van der Waals surface area contributed by atoms with Crippen molar-refractivity contribution in [2.45, 2.75) is 19.0 Å². The minimum Gasteiger partial charge on any atom is -0.297 e. The van der Waals surface area contributed by atoms with Gasteiger partial charge in [-0.2, -0.15) is 0 Å². The van der Waals surface area contributed by atoms with Gasteiger partial charge in [0.05, 0.1) is 18.2 Å². The Morgan fingerprint density at radius 3 is 2.00 bits per heavy atom. The third kappa shape index (κ3) is 4.08. The summed E-state index contributed by atoms with van der Waals surface area (Å²) in [5, 5.41) is 1.32. The summed E-state index contributed by atoms with van der Waals surface area (Å²) in [5.41, 5.74) is 1.81. The smallest absolute Gasteiger partial charge is 0.251 e. The standard InChI is InChI=1S/C21H21Cl2N3O2/c22-16-3-1-15(2-4-16)14-24-9-11-25(12-10-24)19-13-20(27)26(21(19)28)18-7-5-17(23)6-8-18/h1-8,19H,9-14H2/t19-/m0/s1. The van der Waals surface area contributed by atoms with Crippen LogP contribution in [-0.4, -0.2) is 53.8 Å². The maximum Gasteiger partial charge on any atom is 0.251 e. The largest absolute Gasteiger partial charge is 0.297 e. The molecule has 0 bridgehead atoms. The monoisotopic (exact) mass is 417 g/mol. The van der Waals surface area contributed by atoms with Crippen molar-refractivity contribution in [3.05, 3.63) is 64.1 Å². The second-order valence-electron chi connectivity index (χ2n) is 7.20. The Labute approximate surface area is 174 Å². The molecule has 2 amide bonds. The number of hydrogen-bond acceptors (Lipinski definition) is 4. The molecule has 2 aliphatic heterocycles. The summed E-state index contributed by atoms with van der Waals surface area (Å²) in [6.07, 6.45) is 0.235. The molecule has 2 saturated heterocycles. The summed E-state index contributed by atoms with van der Waals surface area (Å²) in [5.74, 6) is -0.292. The summed E-state index contributed by atoms with van der Waals surface area (Å²) >= 11 is 11.9. The zero-order chi connectivity index (χ0) is 19.7. The van der Waals surface area contributed by atoms with E-state index in [1.165, 1.54) is 10.5 Å². The van der Waals surface area contributed by atoms with E-state index in [1.54, 1.807) is 24.3 Å².